The standard InChI is InChI=1S/C21H38N4/c1-3-23-18-19-25(21-23)15-13-11-9-7-5-4-6-8-10-12-14-24-17-16-22(2)20-24/h16-21H,3-15H2,1-2H3/q+2. The van der Waals surface area contributed by atoms with Crippen molar-refractivity contribution < 1.29 is 9.13 Å². The Labute approximate surface area is 154 Å². The van der Waals surface area contributed by atoms with Gasteiger partial charge in [0.2, 0.25) is 12.7 Å². The number of rotatable bonds is 14. The Balaban J connectivity index is 1.33. The minimum absolute atomic E-state index is 1.07. The van der Waals surface area contributed by atoms with Crippen LogP contribution in [0.3, 0.4) is 0 Å². The second kappa shape index (κ2) is 11.9. The van der Waals surface area contributed by atoms with Crippen LogP contribution in [-0.2, 0) is 26.7 Å². The summed E-state index contributed by atoms with van der Waals surface area (Å²) < 4.78 is 8.95. The summed E-state index contributed by atoms with van der Waals surface area (Å²) in [7, 11) is 2.08. The Kier molecular flexibility index (Phi) is 9.38. The summed E-state index contributed by atoms with van der Waals surface area (Å²) in [6, 6.07) is 0. The van der Waals surface area contributed by atoms with Gasteiger partial charge in [-0.25, -0.2) is 18.3 Å². The molecule has 2 aromatic rings. The molecule has 0 aliphatic carbocycles. The first-order chi connectivity index (χ1) is 12.3. The van der Waals surface area contributed by atoms with E-state index in [9.17, 15) is 0 Å². The molecule has 2 rings (SSSR count). The molecule has 2 heterocycles. The zero-order chi connectivity index (χ0) is 17.7. The van der Waals surface area contributed by atoms with Gasteiger partial charge in [0.1, 0.15) is 24.8 Å². The van der Waals surface area contributed by atoms with Crippen LogP contribution in [0.4, 0.5) is 0 Å². The summed E-state index contributed by atoms with van der Waals surface area (Å²) in [6.07, 6.45) is 26.9. The van der Waals surface area contributed by atoms with Gasteiger partial charge in [0, 0.05) is 0 Å². The number of imidazole rings is 2. The maximum Gasteiger partial charge on any atom is 0.243 e. The molecule has 4 heteroatoms. The Morgan fingerprint density at radius 2 is 1.12 bits per heavy atom. The van der Waals surface area contributed by atoms with Crippen LogP contribution in [0.25, 0.3) is 0 Å². The molecule has 0 aromatic carbocycles. The Hall–Kier alpha value is -1.58. The van der Waals surface area contributed by atoms with Crippen molar-refractivity contribution in [2.45, 2.75) is 90.8 Å². The van der Waals surface area contributed by atoms with Crippen LogP contribution in [0.2, 0.25) is 0 Å². The molecule has 0 spiro atoms. The van der Waals surface area contributed by atoms with Crippen LogP contribution in [0.1, 0.15) is 71.1 Å². The van der Waals surface area contributed by atoms with E-state index in [1.165, 1.54) is 77.3 Å². The quantitative estimate of drug-likeness (QED) is 0.363. The number of hydrogen-bond donors (Lipinski definition) is 0. The van der Waals surface area contributed by atoms with Gasteiger partial charge in [-0.1, -0.05) is 38.5 Å². The molecule has 25 heavy (non-hydrogen) atoms. The molecule has 0 aliphatic rings. The molecule has 0 bridgehead atoms. The molecule has 0 radical (unpaired) electrons. The van der Waals surface area contributed by atoms with E-state index in [1.807, 2.05) is 0 Å². The summed E-state index contributed by atoms with van der Waals surface area (Å²) >= 11 is 0. The SMILES string of the molecule is CC[n+]1ccn(CCCCCCCCCCCCn2cc[n+](C)c2)c1. The smallest absolute Gasteiger partial charge is 0.240 e. The largest absolute Gasteiger partial charge is 0.243 e. The Morgan fingerprint density at radius 1 is 0.640 bits per heavy atom. The molecule has 0 fully saturated rings. The molecule has 2 aromatic heterocycles. The van der Waals surface area contributed by atoms with Gasteiger partial charge < -0.3 is 0 Å². The second-order valence-electron chi connectivity index (χ2n) is 7.33. The minimum atomic E-state index is 1.07. The highest BCUT2D eigenvalue weighted by Crippen LogP contribution is 2.11. The Bertz CT molecular complexity index is 570. The molecule has 0 unspecified atom stereocenters. The normalized spacial score (nSPS) is 11.3. The average molecular weight is 347 g/mol. The molecular formula is C21H38N4+2. The minimum Gasteiger partial charge on any atom is -0.240 e. The fourth-order valence-corrected chi connectivity index (χ4v) is 3.40. The summed E-state index contributed by atoms with van der Waals surface area (Å²) in [4.78, 5) is 0. The van der Waals surface area contributed by atoms with Gasteiger partial charge in [-0.3, -0.25) is 0 Å². The summed E-state index contributed by atoms with van der Waals surface area (Å²) in [6.45, 7) is 5.59. The van der Waals surface area contributed by atoms with Crippen LogP contribution in [-0.4, -0.2) is 9.13 Å². The zero-order valence-electron chi connectivity index (χ0n) is 16.4. The first-order valence-corrected chi connectivity index (χ1v) is 10.3. The summed E-state index contributed by atoms with van der Waals surface area (Å²) in [5.74, 6) is 0. The molecule has 4 nitrogen and oxygen atoms in total. The topological polar surface area (TPSA) is 17.6 Å². The third kappa shape index (κ3) is 8.37. The molecule has 0 saturated carbocycles. The molecule has 0 aliphatic heterocycles. The lowest BCUT2D eigenvalue weighted by Crippen LogP contribution is -2.28. The van der Waals surface area contributed by atoms with Gasteiger partial charge in [-0.05, 0) is 32.6 Å². The number of unbranched alkanes of at least 4 members (excludes halogenated alkanes) is 9. The fourth-order valence-electron chi connectivity index (χ4n) is 3.40. The highest BCUT2D eigenvalue weighted by molar-refractivity contribution is 4.66. The molecule has 140 valence electrons. The van der Waals surface area contributed by atoms with E-state index in [1.54, 1.807) is 0 Å². The van der Waals surface area contributed by atoms with Crippen molar-refractivity contribution in [3.63, 3.8) is 0 Å². The van der Waals surface area contributed by atoms with Crippen LogP contribution in [0.15, 0.2) is 37.4 Å². The van der Waals surface area contributed by atoms with Crippen molar-refractivity contribution in [3.8, 4) is 0 Å². The predicted octanol–water partition coefficient (Wildman–Crippen LogP) is 4.02. The lowest BCUT2D eigenvalue weighted by atomic mass is 10.1. The number of aryl methyl sites for hydroxylation is 4. The van der Waals surface area contributed by atoms with Crippen molar-refractivity contribution in [2.24, 2.45) is 7.05 Å². The number of hydrogen-bond acceptors (Lipinski definition) is 0. The molecule has 0 saturated heterocycles. The summed E-state index contributed by atoms with van der Waals surface area (Å²) in [5, 5.41) is 0. The average Bonchev–Trinajstić information content (AvgIpc) is 3.24. The lowest BCUT2D eigenvalue weighted by Gasteiger charge is -2.02. The van der Waals surface area contributed by atoms with E-state index in [0.29, 0.717) is 0 Å². The van der Waals surface area contributed by atoms with Gasteiger partial charge in [0.25, 0.3) is 0 Å². The first-order valence-electron chi connectivity index (χ1n) is 10.3. The van der Waals surface area contributed by atoms with Gasteiger partial charge in [-0.2, -0.15) is 0 Å². The van der Waals surface area contributed by atoms with Gasteiger partial charge in [0.15, 0.2) is 0 Å². The van der Waals surface area contributed by atoms with Crippen LogP contribution in [0.5, 0.6) is 0 Å². The van der Waals surface area contributed by atoms with E-state index < -0.39 is 0 Å². The lowest BCUT2D eigenvalue weighted by molar-refractivity contribution is -0.693. The first kappa shape index (κ1) is 19.7. The van der Waals surface area contributed by atoms with Crippen molar-refractivity contribution in [1.29, 1.82) is 0 Å². The highest BCUT2D eigenvalue weighted by atomic mass is 15.1. The maximum atomic E-state index is 2.32. The highest BCUT2D eigenvalue weighted by Gasteiger charge is 2.01. The molecule has 0 amide bonds. The van der Waals surface area contributed by atoms with E-state index in [-0.39, 0.29) is 0 Å². The maximum absolute atomic E-state index is 2.32. The van der Waals surface area contributed by atoms with Crippen LogP contribution in [0, 0.1) is 0 Å². The van der Waals surface area contributed by atoms with Crippen molar-refractivity contribution in [2.75, 3.05) is 0 Å². The van der Waals surface area contributed by atoms with Gasteiger partial charge in [-0.15, -0.1) is 0 Å². The van der Waals surface area contributed by atoms with Crippen molar-refractivity contribution >= 4 is 0 Å². The van der Waals surface area contributed by atoms with E-state index in [2.05, 4.69) is 69.7 Å². The summed E-state index contributed by atoms with van der Waals surface area (Å²) in [5.41, 5.74) is 0. The van der Waals surface area contributed by atoms with E-state index >= 15 is 0 Å². The third-order valence-electron chi connectivity index (χ3n) is 5.02. The zero-order valence-corrected chi connectivity index (χ0v) is 16.4. The second-order valence-corrected chi connectivity index (χ2v) is 7.33. The third-order valence-corrected chi connectivity index (χ3v) is 5.02. The van der Waals surface area contributed by atoms with E-state index in [4.69, 9.17) is 0 Å². The molecular weight excluding hydrogens is 308 g/mol. The number of nitrogens with zero attached hydrogens (tertiary/aromatic N) is 4. The van der Waals surface area contributed by atoms with Crippen LogP contribution < -0.4 is 9.13 Å². The Morgan fingerprint density at radius 3 is 1.56 bits per heavy atom. The van der Waals surface area contributed by atoms with Crippen molar-refractivity contribution in [1.82, 2.24) is 9.13 Å². The van der Waals surface area contributed by atoms with Crippen molar-refractivity contribution in [3.05, 3.63) is 37.4 Å². The number of aromatic nitrogens is 4. The molecule has 0 N–H and O–H groups in total. The fraction of sp³-hybridized carbons (Fsp3) is 0.714. The molecule has 0 atom stereocenters. The van der Waals surface area contributed by atoms with Gasteiger partial charge >= 0.3 is 0 Å². The van der Waals surface area contributed by atoms with E-state index in [0.717, 1.165) is 6.54 Å². The monoisotopic (exact) mass is 346 g/mol. The van der Waals surface area contributed by atoms with Gasteiger partial charge in [0.05, 0.1) is 26.7 Å². The predicted molar refractivity (Wildman–Crippen MR) is 102 cm³/mol. The van der Waals surface area contributed by atoms with Crippen LogP contribution >= 0.6 is 0 Å².